The highest BCUT2D eigenvalue weighted by Gasteiger charge is 2.36. The highest BCUT2D eigenvalue weighted by Crippen LogP contribution is 2.27. The first-order chi connectivity index (χ1) is 10.3. The molecule has 0 spiro atoms. The molecular formula is C16H23NO4S. The van der Waals surface area contributed by atoms with E-state index in [1.54, 1.807) is 12.1 Å². The number of rotatable bonds is 5. The predicted molar refractivity (Wildman–Crippen MR) is 84.1 cm³/mol. The number of piperidine rings is 1. The number of carboxylic acids is 1. The van der Waals surface area contributed by atoms with Crippen LogP contribution in [0, 0.1) is 11.8 Å². The molecule has 2 rings (SSSR count). The Morgan fingerprint density at radius 2 is 1.91 bits per heavy atom. The Morgan fingerprint density at radius 1 is 1.27 bits per heavy atom. The van der Waals surface area contributed by atoms with Gasteiger partial charge in [-0.3, -0.25) is 4.79 Å². The van der Waals surface area contributed by atoms with E-state index < -0.39 is 21.9 Å². The third-order valence-corrected chi connectivity index (χ3v) is 5.92. The fourth-order valence-corrected chi connectivity index (χ4v) is 4.55. The molecule has 1 aromatic rings. The van der Waals surface area contributed by atoms with Crippen molar-refractivity contribution in [1.29, 1.82) is 0 Å². The van der Waals surface area contributed by atoms with Gasteiger partial charge in [0.1, 0.15) is 0 Å². The van der Waals surface area contributed by atoms with Crippen molar-refractivity contribution in [3.8, 4) is 0 Å². The summed E-state index contributed by atoms with van der Waals surface area (Å²) in [6.45, 7) is 4.40. The standard InChI is InChI=1S/C16H23NO4S/c1-3-4-13-5-7-15(8-6-13)22(20,21)17-10-12(2)9-14(11-17)16(18)19/h5-8,12,14H,3-4,9-11H2,1-2H3,(H,18,19). The van der Waals surface area contributed by atoms with Gasteiger partial charge in [0, 0.05) is 13.1 Å². The van der Waals surface area contributed by atoms with Crippen LogP contribution in [-0.4, -0.2) is 36.9 Å². The smallest absolute Gasteiger partial charge is 0.307 e. The van der Waals surface area contributed by atoms with Crippen molar-refractivity contribution >= 4 is 16.0 Å². The lowest BCUT2D eigenvalue weighted by atomic mass is 9.92. The van der Waals surface area contributed by atoms with Crippen molar-refractivity contribution in [3.05, 3.63) is 29.8 Å². The summed E-state index contributed by atoms with van der Waals surface area (Å²) in [7, 11) is -3.62. The van der Waals surface area contributed by atoms with E-state index >= 15 is 0 Å². The van der Waals surface area contributed by atoms with Crippen LogP contribution < -0.4 is 0 Å². The van der Waals surface area contributed by atoms with Gasteiger partial charge in [-0.1, -0.05) is 32.4 Å². The molecule has 0 amide bonds. The zero-order chi connectivity index (χ0) is 16.3. The maximum Gasteiger partial charge on any atom is 0.307 e. The van der Waals surface area contributed by atoms with E-state index in [9.17, 15) is 18.3 Å². The summed E-state index contributed by atoms with van der Waals surface area (Å²) in [5.41, 5.74) is 1.11. The summed E-state index contributed by atoms with van der Waals surface area (Å²) in [5, 5.41) is 9.18. The molecule has 0 aliphatic carbocycles. The molecule has 22 heavy (non-hydrogen) atoms. The molecule has 1 heterocycles. The Morgan fingerprint density at radius 3 is 2.45 bits per heavy atom. The molecule has 0 saturated carbocycles. The number of nitrogens with zero attached hydrogens (tertiary/aromatic N) is 1. The number of aryl methyl sites for hydroxylation is 1. The highest BCUT2D eigenvalue weighted by molar-refractivity contribution is 7.89. The lowest BCUT2D eigenvalue weighted by Gasteiger charge is -2.33. The van der Waals surface area contributed by atoms with E-state index in [1.165, 1.54) is 4.31 Å². The zero-order valence-corrected chi connectivity index (χ0v) is 13.8. The van der Waals surface area contributed by atoms with Crippen LogP contribution in [0.15, 0.2) is 29.2 Å². The molecule has 5 nitrogen and oxygen atoms in total. The van der Waals surface area contributed by atoms with Gasteiger partial charge in [-0.05, 0) is 36.5 Å². The van der Waals surface area contributed by atoms with Crippen LogP contribution in [0.1, 0.15) is 32.3 Å². The molecule has 2 atom stereocenters. The van der Waals surface area contributed by atoms with Crippen LogP contribution in [0.3, 0.4) is 0 Å². The minimum atomic E-state index is -3.62. The quantitative estimate of drug-likeness (QED) is 0.902. The van der Waals surface area contributed by atoms with Gasteiger partial charge < -0.3 is 5.11 Å². The lowest BCUT2D eigenvalue weighted by Crippen LogP contribution is -2.45. The molecule has 2 unspecified atom stereocenters. The molecular weight excluding hydrogens is 302 g/mol. The molecule has 1 saturated heterocycles. The lowest BCUT2D eigenvalue weighted by molar-refractivity contribution is -0.143. The van der Waals surface area contributed by atoms with Crippen molar-refractivity contribution in [2.24, 2.45) is 11.8 Å². The van der Waals surface area contributed by atoms with Gasteiger partial charge in [0.2, 0.25) is 10.0 Å². The van der Waals surface area contributed by atoms with Crippen LogP contribution in [0.4, 0.5) is 0 Å². The summed E-state index contributed by atoms with van der Waals surface area (Å²) < 4.78 is 26.7. The molecule has 0 bridgehead atoms. The molecule has 1 fully saturated rings. The van der Waals surface area contributed by atoms with Gasteiger partial charge in [0.05, 0.1) is 10.8 Å². The van der Waals surface area contributed by atoms with E-state index in [4.69, 9.17) is 0 Å². The first-order valence-corrected chi connectivity index (χ1v) is 9.10. The van der Waals surface area contributed by atoms with E-state index in [0.29, 0.717) is 13.0 Å². The SMILES string of the molecule is CCCc1ccc(S(=O)(=O)N2CC(C)CC(C(=O)O)C2)cc1. The molecule has 6 heteroatoms. The van der Waals surface area contributed by atoms with Gasteiger partial charge in [-0.2, -0.15) is 4.31 Å². The minimum Gasteiger partial charge on any atom is -0.481 e. The largest absolute Gasteiger partial charge is 0.481 e. The summed E-state index contributed by atoms with van der Waals surface area (Å²) in [6, 6.07) is 6.90. The number of hydrogen-bond acceptors (Lipinski definition) is 3. The molecule has 1 N–H and O–H groups in total. The van der Waals surface area contributed by atoms with Crippen LogP contribution in [-0.2, 0) is 21.2 Å². The fourth-order valence-electron chi connectivity index (χ4n) is 2.94. The average Bonchev–Trinajstić information content (AvgIpc) is 2.47. The second-order valence-electron chi connectivity index (χ2n) is 6.09. The summed E-state index contributed by atoms with van der Waals surface area (Å²) in [6.07, 6.45) is 2.45. The Balaban J connectivity index is 2.23. The zero-order valence-electron chi connectivity index (χ0n) is 13.0. The highest BCUT2D eigenvalue weighted by atomic mass is 32.2. The van der Waals surface area contributed by atoms with E-state index in [1.807, 2.05) is 19.1 Å². The normalized spacial score (nSPS) is 23.4. The first-order valence-electron chi connectivity index (χ1n) is 7.66. The van der Waals surface area contributed by atoms with Crippen molar-refractivity contribution in [2.75, 3.05) is 13.1 Å². The van der Waals surface area contributed by atoms with Crippen LogP contribution in [0.2, 0.25) is 0 Å². The van der Waals surface area contributed by atoms with Crippen LogP contribution in [0.5, 0.6) is 0 Å². The molecule has 0 aromatic heterocycles. The Bertz CT molecular complexity index is 624. The van der Waals surface area contributed by atoms with Crippen molar-refractivity contribution < 1.29 is 18.3 Å². The third-order valence-electron chi connectivity index (χ3n) is 4.08. The third kappa shape index (κ3) is 3.67. The second-order valence-corrected chi connectivity index (χ2v) is 8.03. The van der Waals surface area contributed by atoms with E-state index in [2.05, 4.69) is 6.92 Å². The number of aliphatic carboxylic acids is 1. The van der Waals surface area contributed by atoms with Gasteiger partial charge in [-0.15, -0.1) is 0 Å². The maximum absolute atomic E-state index is 12.7. The molecule has 1 aromatic carbocycles. The average molecular weight is 325 g/mol. The Labute approximate surface area is 132 Å². The van der Waals surface area contributed by atoms with Crippen LogP contribution in [0.25, 0.3) is 0 Å². The van der Waals surface area contributed by atoms with E-state index in [0.717, 1.165) is 18.4 Å². The summed E-state index contributed by atoms with van der Waals surface area (Å²) in [4.78, 5) is 11.4. The van der Waals surface area contributed by atoms with Gasteiger partial charge in [0.25, 0.3) is 0 Å². The molecule has 1 aliphatic rings. The van der Waals surface area contributed by atoms with Gasteiger partial charge in [-0.25, -0.2) is 8.42 Å². The number of carboxylic acid groups (broad SMARTS) is 1. The van der Waals surface area contributed by atoms with Crippen LogP contribution >= 0.6 is 0 Å². The molecule has 0 radical (unpaired) electrons. The van der Waals surface area contributed by atoms with Crippen molar-refractivity contribution in [3.63, 3.8) is 0 Å². The van der Waals surface area contributed by atoms with E-state index in [-0.39, 0.29) is 17.4 Å². The summed E-state index contributed by atoms with van der Waals surface area (Å²) in [5.74, 6) is -1.51. The first kappa shape index (κ1) is 17.0. The Kier molecular flexibility index (Phi) is 5.24. The Hall–Kier alpha value is -1.40. The summed E-state index contributed by atoms with van der Waals surface area (Å²) >= 11 is 0. The van der Waals surface area contributed by atoms with Crippen molar-refractivity contribution in [2.45, 2.75) is 38.0 Å². The second kappa shape index (κ2) is 6.79. The number of benzene rings is 1. The number of carbonyl (C=O) groups is 1. The topological polar surface area (TPSA) is 74.7 Å². The van der Waals surface area contributed by atoms with Crippen molar-refractivity contribution in [1.82, 2.24) is 4.31 Å². The number of hydrogen-bond donors (Lipinski definition) is 1. The number of sulfonamides is 1. The van der Waals surface area contributed by atoms with Gasteiger partial charge >= 0.3 is 5.97 Å². The molecule has 122 valence electrons. The monoisotopic (exact) mass is 325 g/mol. The van der Waals surface area contributed by atoms with Gasteiger partial charge in [0.15, 0.2) is 0 Å². The molecule has 1 aliphatic heterocycles. The minimum absolute atomic E-state index is 0.0454. The predicted octanol–water partition coefficient (Wildman–Crippen LogP) is 2.37. The fraction of sp³-hybridized carbons (Fsp3) is 0.562. The maximum atomic E-state index is 12.7.